The zero-order valence-corrected chi connectivity index (χ0v) is 11.5. The topological polar surface area (TPSA) is 42.1 Å². The van der Waals surface area contributed by atoms with Gasteiger partial charge < -0.3 is 10.6 Å². The van der Waals surface area contributed by atoms with Crippen molar-refractivity contribution in [2.24, 2.45) is 0 Å². The number of nitrogens with zero attached hydrogens (tertiary/aromatic N) is 2. The molecule has 1 atom stereocenters. The molecule has 100 valence electrons. The molecule has 3 nitrogen and oxygen atoms in total. The number of pyridine rings is 1. The summed E-state index contributed by atoms with van der Waals surface area (Å²) in [5.74, 6) is 1.11. The van der Waals surface area contributed by atoms with E-state index < -0.39 is 0 Å². The average Bonchev–Trinajstić information content (AvgIpc) is 2.46. The van der Waals surface area contributed by atoms with Crippen molar-refractivity contribution in [2.45, 2.75) is 38.6 Å². The van der Waals surface area contributed by atoms with Gasteiger partial charge in [0.1, 0.15) is 5.82 Å². The molecule has 3 rings (SSSR count). The quantitative estimate of drug-likeness (QED) is 0.834. The fraction of sp³-hybridized carbons (Fsp3) is 0.438. The Morgan fingerprint density at radius 1 is 1.26 bits per heavy atom. The monoisotopic (exact) mass is 255 g/mol. The second-order valence-electron chi connectivity index (χ2n) is 5.37. The summed E-state index contributed by atoms with van der Waals surface area (Å²) in [4.78, 5) is 7.28. The Hall–Kier alpha value is -1.77. The third-order valence-corrected chi connectivity index (χ3v) is 4.09. The van der Waals surface area contributed by atoms with E-state index in [4.69, 9.17) is 10.7 Å². The van der Waals surface area contributed by atoms with Gasteiger partial charge >= 0.3 is 0 Å². The van der Waals surface area contributed by atoms with E-state index in [-0.39, 0.29) is 0 Å². The van der Waals surface area contributed by atoms with Crippen molar-refractivity contribution in [3.63, 3.8) is 0 Å². The third-order valence-electron chi connectivity index (χ3n) is 4.09. The number of hydrogen-bond donors (Lipinski definition) is 1. The van der Waals surface area contributed by atoms with Crippen LogP contribution in [0, 0.1) is 0 Å². The van der Waals surface area contributed by atoms with Crippen molar-refractivity contribution in [1.29, 1.82) is 0 Å². The second kappa shape index (κ2) is 5.08. The first-order valence-corrected chi connectivity index (χ1v) is 7.21. The van der Waals surface area contributed by atoms with Crippen molar-refractivity contribution >= 4 is 22.4 Å². The highest BCUT2D eigenvalue weighted by Gasteiger charge is 2.21. The van der Waals surface area contributed by atoms with Gasteiger partial charge in [0.05, 0.1) is 5.52 Å². The minimum absolute atomic E-state index is 0.646. The van der Waals surface area contributed by atoms with Gasteiger partial charge in [-0.2, -0.15) is 0 Å². The Labute approximate surface area is 114 Å². The molecule has 1 saturated heterocycles. The van der Waals surface area contributed by atoms with E-state index in [1.807, 2.05) is 18.2 Å². The van der Waals surface area contributed by atoms with Crippen LogP contribution in [0.25, 0.3) is 10.9 Å². The van der Waals surface area contributed by atoms with Gasteiger partial charge in [0.2, 0.25) is 0 Å². The van der Waals surface area contributed by atoms with Gasteiger partial charge in [-0.05, 0) is 56.0 Å². The van der Waals surface area contributed by atoms with Crippen molar-refractivity contribution in [3.05, 3.63) is 30.3 Å². The van der Waals surface area contributed by atoms with Crippen LogP contribution < -0.4 is 10.6 Å². The Balaban J connectivity index is 1.97. The van der Waals surface area contributed by atoms with Gasteiger partial charge in [0.25, 0.3) is 0 Å². The smallest absolute Gasteiger partial charge is 0.129 e. The molecule has 2 aromatic rings. The van der Waals surface area contributed by atoms with E-state index >= 15 is 0 Å². The molecule has 1 unspecified atom stereocenters. The number of nitrogen functional groups attached to an aromatic ring is 1. The molecule has 0 saturated carbocycles. The van der Waals surface area contributed by atoms with E-state index in [9.17, 15) is 0 Å². The van der Waals surface area contributed by atoms with Gasteiger partial charge in [-0.15, -0.1) is 0 Å². The van der Waals surface area contributed by atoms with Gasteiger partial charge in [-0.25, -0.2) is 4.98 Å². The SMILES string of the molecule is CCC1CCCCN1c1ccc2cc(N)ccc2n1. The number of hydrogen-bond acceptors (Lipinski definition) is 3. The van der Waals surface area contributed by atoms with Gasteiger partial charge in [0, 0.05) is 23.7 Å². The highest BCUT2D eigenvalue weighted by molar-refractivity contribution is 5.83. The zero-order valence-electron chi connectivity index (χ0n) is 11.5. The van der Waals surface area contributed by atoms with E-state index in [0.717, 1.165) is 29.0 Å². The number of nitrogens with two attached hydrogens (primary N) is 1. The fourth-order valence-electron chi connectivity index (χ4n) is 3.02. The average molecular weight is 255 g/mol. The number of rotatable bonds is 2. The van der Waals surface area contributed by atoms with Crippen LogP contribution in [0.4, 0.5) is 11.5 Å². The number of aromatic nitrogens is 1. The molecule has 2 heterocycles. The van der Waals surface area contributed by atoms with Crippen molar-refractivity contribution in [3.8, 4) is 0 Å². The first-order valence-electron chi connectivity index (χ1n) is 7.21. The lowest BCUT2D eigenvalue weighted by molar-refractivity contribution is 0.447. The first kappa shape index (κ1) is 12.3. The first-order chi connectivity index (χ1) is 9.28. The van der Waals surface area contributed by atoms with E-state index in [1.54, 1.807) is 0 Å². The minimum Gasteiger partial charge on any atom is -0.399 e. The summed E-state index contributed by atoms with van der Waals surface area (Å²) in [6, 6.07) is 10.8. The molecule has 2 N–H and O–H groups in total. The Morgan fingerprint density at radius 3 is 3.00 bits per heavy atom. The van der Waals surface area contributed by atoms with Crippen LogP contribution in [0.2, 0.25) is 0 Å². The molecule has 19 heavy (non-hydrogen) atoms. The minimum atomic E-state index is 0.646. The van der Waals surface area contributed by atoms with E-state index in [0.29, 0.717) is 6.04 Å². The van der Waals surface area contributed by atoms with Crippen LogP contribution in [0.15, 0.2) is 30.3 Å². The summed E-state index contributed by atoms with van der Waals surface area (Å²) in [5.41, 5.74) is 7.64. The lowest BCUT2D eigenvalue weighted by Gasteiger charge is -2.36. The molecule has 1 fully saturated rings. The van der Waals surface area contributed by atoms with Gasteiger partial charge in [-0.1, -0.05) is 6.92 Å². The van der Waals surface area contributed by atoms with Crippen molar-refractivity contribution in [2.75, 3.05) is 17.2 Å². The predicted molar refractivity (Wildman–Crippen MR) is 81.4 cm³/mol. The second-order valence-corrected chi connectivity index (χ2v) is 5.37. The summed E-state index contributed by atoms with van der Waals surface area (Å²) in [6.07, 6.45) is 5.11. The van der Waals surface area contributed by atoms with Crippen LogP contribution in [0.5, 0.6) is 0 Å². The molecule has 0 spiro atoms. The van der Waals surface area contributed by atoms with Crippen LogP contribution in [0.1, 0.15) is 32.6 Å². The van der Waals surface area contributed by atoms with Crippen LogP contribution in [-0.2, 0) is 0 Å². The van der Waals surface area contributed by atoms with E-state index in [1.165, 1.54) is 25.7 Å². The standard InChI is InChI=1S/C16H21N3/c1-2-14-5-3-4-10-19(14)16-9-6-12-11-13(17)7-8-15(12)18-16/h6-9,11,14H,2-5,10,17H2,1H3. The Kier molecular flexibility index (Phi) is 3.28. The molecule has 1 aliphatic rings. The molecule has 0 amide bonds. The third kappa shape index (κ3) is 2.37. The highest BCUT2D eigenvalue weighted by Crippen LogP contribution is 2.27. The summed E-state index contributed by atoms with van der Waals surface area (Å²) >= 11 is 0. The molecule has 1 aromatic heterocycles. The molecule has 3 heteroatoms. The molecule has 1 aliphatic heterocycles. The summed E-state index contributed by atoms with van der Waals surface area (Å²) in [7, 11) is 0. The van der Waals surface area contributed by atoms with Gasteiger partial charge in [-0.3, -0.25) is 0 Å². The molecule has 0 bridgehead atoms. The highest BCUT2D eigenvalue weighted by atomic mass is 15.2. The van der Waals surface area contributed by atoms with Crippen molar-refractivity contribution in [1.82, 2.24) is 4.98 Å². The predicted octanol–water partition coefficient (Wildman–Crippen LogP) is 3.59. The maximum absolute atomic E-state index is 5.81. The molecule has 0 radical (unpaired) electrons. The molecular formula is C16H21N3. The molecular weight excluding hydrogens is 234 g/mol. The van der Waals surface area contributed by atoms with Crippen LogP contribution >= 0.6 is 0 Å². The fourth-order valence-corrected chi connectivity index (χ4v) is 3.02. The maximum atomic E-state index is 5.81. The lowest BCUT2D eigenvalue weighted by atomic mass is 10.00. The number of anilines is 2. The maximum Gasteiger partial charge on any atom is 0.129 e. The van der Waals surface area contributed by atoms with Crippen LogP contribution in [0.3, 0.4) is 0 Å². The Bertz CT molecular complexity index is 579. The normalized spacial score (nSPS) is 19.8. The Morgan fingerprint density at radius 2 is 2.16 bits per heavy atom. The molecule has 0 aliphatic carbocycles. The summed E-state index contributed by atoms with van der Waals surface area (Å²) < 4.78 is 0. The zero-order chi connectivity index (χ0) is 13.2. The summed E-state index contributed by atoms with van der Waals surface area (Å²) in [5, 5.41) is 1.12. The van der Waals surface area contributed by atoms with Crippen molar-refractivity contribution < 1.29 is 0 Å². The number of benzene rings is 1. The summed E-state index contributed by atoms with van der Waals surface area (Å²) in [6.45, 7) is 3.40. The lowest BCUT2D eigenvalue weighted by Crippen LogP contribution is -2.39. The van der Waals surface area contributed by atoms with E-state index in [2.05, 4.69) is 24.0 Å². The molecule has 1 aromatic carbocycles. The number of fused-ring (bicyclic) bond motifs is 1. The van der Waals surface area contributed by atoms with Gasteiger partial charge in [0.15, 0.2) is 0 Å². The number of piperidine rings is 1. The van der Waals surface area contributed by atoms with Crippen LogP contribution in [-0.4, -0.2) is 17.6 Å². The largest absolute Gasteiger partial charge is 0.399 e.